The Kier molecular flexibility index (Phi) is 6.57. The van der Waals surface area contributed by atoms with Crippen molar-refractivity contribution in [1.82, 2.24) is 0 Å². The highest BCUT2D eigenvalue weighted by Gasteiger charge is 2.28. The zero-order chi connectivity index (χ0) is 20.0. The van der Waals surface area contributed by atoms with Crippen LogP contribution in [0.2, 0.25) is 0 Å². The van der Waals surface area contributed by atoms with Crippen molar-refractivity contribution in [2.75, 3.05) is 39.3 Å². The first-order chi connectivity index (χ1) is 12.9. The Labute approximate surface area is 159 Å². The lowest BCUT2D eigenvalue weighted by atomic mass is 10.2. The lowest BCUT2D eigenvalue weighted by molar-refractivity contribution is 0.354. The van der Waals surface area contributed by atoms with Crippen LogP contribution < -0.4 is 23.3 Å². The summed E-state index contributed by atoms with van der Waals surface area (Å²) in [6, 6.07) is 9.35. The second-order valence-electron chi connectivity index (χ2n) is 5.38. The summed E-state index contributed by atoms with van der Waals surface area (Å²) >= 11 is 0. The minimum Gasteiger partial charge on any atom is -0.497 e. The number of hydrogen-bond donors (Lipinski definition) is 0. The fourth-order valence-corrected chi connectivity index (χ4v) is 3.99. The molecule has 0 atom stereocenters. The Morgan fingerprint density at radius 3 is 2.07 bits per heavy atom. The van der Waals surface area contributed by atoms with E-state index in [0.29, 0.717) is 28.7 Å². The molecule has 0 fully saturated rings. The average molecular weight is 393 g/mol. The van der Waals surface area contributed by atoms with Gasteiger partial charge in [0.25, 0.3) is 10.0 Å². The molecule has 0 aliphatic heterocycles. The second kappa shape index (κ2) is 8.68. The van der Waals surface area contributed by atoms with Gasteiger partial charge in [-0.2, -0.15) is 0 Å². The molecule has 27 heavy (non-hydrogen) atoms. The first kappa shape index (κ1) is 20.4. The van der Waals surface area contributed by atoms with E-state index < -0.39 is 10.0 Å². The van der Waals surface area contributed by atoms with E-state index in [1.807, 2.05) is 0 Å². The van der Waals surface area contributed by atoms with Crippen LogP contribution in [0.1, 0.15) is 0 Å². The largest absolute Gasteiger partial charge is 0.497 e. The molecule has 2 aromatic carbocycles. The monoisotopic (exact) mass is 393 g/mol. The molecular formula is C19H23NO6S. The van der Waals surface area contributed by atoms with Gasteiger partial charge in [0, 0.05) is 12.1 Å². The maximum atomic E-state index is 13.3. The van der Waals surface area contributed by atoms with Crippen LogP contribution in [0.4, 0.5) is 5.69 Å². The van der Waals surface area contributed by atoms with Crippen molar-refractivity contribution in [3.8, 4) is 23.0 Å². The van der Waals surface area contributed by atoms with E-state index in [1.54, 1.807) is 24.3 Å². The molecule has 2 rings (SSSR count). The zero-order valence-corrected chi connectivity index (χ0v) is 16.6. The van der Waals surface area contributed by atoms with Crippen molar-refractivity contribution in [2.24, 2.45) is 0 Å². The SMILES string of the molecule is C=CCN(c1cc(OC)ccc1OC)S(=O)(=O)c1ccc(OC)c(OC)c1. The third-order valence-electron chi connectivity index (χ3n) is 3.89. The molecule has 0 radical (unpaired) electrons. The van der Waals surface area contributed by atoms with E-state index in [4.69, 9.17) is 18.9 Å². The number of ether oxygens (including phenoxy) is 4. The van der Waals surface area contributed by atoms with Gasteiger partial charge in [0.15, 0.2) is 11.5 Å². The number of hydrogen-bond acceptors (Lipinski definition) is 6. The molecule has 0 aliphatic rings. The maximum absolute atomic E-state index is 13.3. The molecule has 2 aromatic rings. The molecule has 7 nitrogen and oxygen atoms in total. The van der Waals surface area contributed by atoms with Gasteiger partial charge in [0.2, 0.25) is 0 Å². The number of rotatable bonds is 9. The lowest BCUT2D eigenvalue weighted by Crippen LogP contribution is -2.31. The van der Waals surface area contributed by atoms with Gasteiger partial charge in [0.05, 0.1) is 45.6 Å². The van der Waals surface area contributed by atoms with E-state index in [9.17, 15) is 8.42 Å². The van der Waals surface area contributed by atoms with Crippen molar-refractivity contribution in [2.45, 2.75) is 4.90 Å². The molecule has 0 aromatic heterocycles. The first-order valence-corrected chi connectivity index (χ1v) is 9.44. The summed E-state index contributed by atoms with van der Waals surface area (Å²) in [6.07, 6.45) is 1.50. The van der Waals surface area contributed by atoms with Gasteiger partial charge in [0.1, 0.15) is 11.5 Å². The number of sulfonamides is 1. The van der Waals surface area contributed by atoms with Gasteiger partial charge >= 0.3 is 0 Å². The van der Waals surface area contributed by atoms with Crippen molar-refractivity contribution < 1.29 is 27.4 Å². The predicted molar refractivity (Wildman–Crippen MR) is 104 cm³/mol. The van der Waals surface area contributed by atoms with Crippen LogP contribution in [0.3, 0.4) is 0 Å². The third kappa shape index (κ3) is 4.11. The minimum atomic E-state index is -3.94. The Bertz CT molecular complexity index is 910. The van der Waals surface area contributed by atoms with E-state index in [-0.39, 0.29) is 11.4 Å². The summed E-state index contributed by atoms with van der Waals surface area (Å²) in [5, 5.41) is 0. The quantitative estimate of drug-likeness (QED) is 0.610. The Morgan fingerprint density at radius 2 is 1.52 bits per heavy atom. The lowest BCUT2D eigenvalue weighted by Gasteiger charge is -2.25. The smallest absolute Gasteiger partial charge is 0.264 e. The molecule has 0 bridgehead atoms. The highest BCUT2D eigenvalue weighted by Crippen LogP contribution is 2.37. The van der Waals surface area contributed by atoms with E-state index in [2.05, 4.69) is 6.58 Å². The van der Waals surface area contributed by atoms with Crippen molar-refractivity contribution >= 4 is 15.7 Å². The number of benzene rings is 2. The molecule has 0 saturated carbocycles. The molecule has 146 valence electrons. The summed E-state index contributed by atoms with van der Waals surface area (Å²) in [4.78, 5) is 0.0480. The molecule has 0 heterocycles. The summed E-state index contributed by atoms with van der Waals surface area (Å²) in [5.41, 5.74) is 0.339. The van der Waals surface area contributed by atoms with Crippen LogP contribution in [0, 0.1) is 0 Å². The van der Waals surface area contributed by atoms with Crippen LogP contribution in [-0.4, -0.2) is 43.4 Å². The standard InChI is InChI=1S/C19H23NO6S/c1-6-11-20(16-12-14(23-2)7-9-17(16)24-3)27(21,22)15-8-10-18(25-4)19(13-15)26-5/h6-10,12-13H,1,11H2,2-5H3. The molecule has 0 aliphatic carbocycles. The van der Waals surface area contributed by atoms with Gasteiger partial charge < -0.3 is 18.9 Å². The van der Waals surface area contributed by atoms with Crippen molar-refractivity contribution in [1.29, 1.82) is 0 Å². The molecule has 8 heteroatoms. The molecule has 0 unspecified atom stereocenters. The van der Waals surface area contributed by atoms with Crippen LogP contribution in [0.15, 0.2) is 53.9 Å². The number of nitrogens with zero attached hydrogens (tertiary/aromatic N) is 1. The van der Waals surface area contributed by atoms with E-state index in [0.717, 1.165) is 0 Å². The number of methoxy groups -OCH3 is 4. The Morgan fingerprint density at radius 1 is 0.889 bits per heavy atom. The molecule has 0 amide bonds. The van der Waals surface area contributed by atoms with Gasteiger partial charge in [-0.3, -0.25) is 4.31 Å². The van der Waals surface area contributed by atoms with Crippen molar-refractivity contribution in [3.63, 3.8) is 0 Å². The Balaban J connectivity index is 2.64. The van der Waals surface area contributed by atoms with Gasteiger partial charge in [-0.25, -0.2) is 8.42 Å². The molecule has 0 spiro atoms. The maximum Gasteiger partial charge on any atom is 0.264 e. The fraction of sp³-hybridized carbons (Fsp3) is 0.263. The van der Waals surface area contributed by atoms with Gasteiger partial charge in [-0.1, -0.05) is 6.08 Å². The summed E-state index contributed by atoms with van der Waals surface area (Å²) in [6.45, 7) is 3.71. The van der Waals surface area contributed by atoms with Crippen molar-refractivity contribution in [3.05, 3.63) is 49.1 Å². The predicted octanol–water partition coefficient (Wildman–Crippen LogP) is 3.10. The summed E-state index contributed by atoms with van der Waals surface area (Å²) in [5.74, 6) is 1.64. The first-order valence-electron chi connectivity index (χ1n) is 8.00. The molecule has 0 saturated heterocycles. The topological polar surface area (TPSA) is 74.3 Å². The van der Waals surface area contributed by atoms with E-state index >= 15 is 0 Å². The van der Waals surface area contributed by atoms with Crippen LogP contribution in [0.5, 0.6) is 23.0 Å². The zero-order valence-electron chi connectivity index (χ0n) is 15.8. The number of anilines is 1. The summed E-state index contributed by atoms with van der Waals surface area (Å²) in [7, 11) is 1.97. The second-order valence-corrected chi connectivity index (χ2v) is 7.24. The highest BCUT2D eigenvalue weighted by molar-refractivity contribution is 7.92. The third-order valence-corrected chi connectivity index (χ3v) is 5.67. The molecule has 0 N–H and O–H groups in total. The Hall–Kier alpha value is -2.87. The fourth-order valence-electron chi connectivity index (χ4n) is 2.54. The van der Waals surface area contributed by atoms with Crippen LogP contribution >= 0.6 is 0 Å². The average Bonchev–Trinajstić information content (AvgIpc) is 2.70. The normalized spacial score (nSPS) is 10.8. The van der Waals surface area contributed by atoms with Crippen LogP contribution in [0.25, 0.3) is 0 Å². The van der Waals surface area contributed by atoms with E-state index in [1.165, 1.54) is 51.0 Å². The molecular weight excluding hydrogens is 370 g/mol. The summed E-state index contributed by atoms with van der Waals surface area (Å²) < 4.78 is 48.9. The van der Waals surface area contributed by atoms with Gasteiger partial charge in [-0.05, 0) is 24.3 Å². The van der Waals surface area contributed by atoms with Crippen LogP contribution in [-0.2, 0) is 10.0 Å². The minimum absolute atomic E-state index is 0.0419. The van der Waals surface area contributed by atoms with Gasteiger partial charge in [-0.15, -0.1) is 6.58 Å². The highest BCUT2D eigenvalue weighted by atomic mass is 32.2.